The molecule has 0 bridgehead atoms. The molecule has 8 nitrogen and oxygen atoms in total. The molecule has 3 N–H and O–H groups in total. The molecule has 5 rings (SSSR count). The van der Waals surface area contributed by atoms with Gasteiger partial charge in [0.15, 0.2) is 17.5 Å². The highest BCUT2D eigenvalue weighted by atomic mass is 32.2. The molecule has 0 aliphatic carbocycles. The van der Waals surface area contributed by atoms with Gasteiger partial charge in [-0.25, -0.2) is 32.3 Å². The van der Waals surface area contributed by atoms with Crippen molar-refractivity contribution in [2.75, 3.05) is 37.6 Å². The number of aromatic amines is 1. The Morgan fingerprint density at radius 1 is 1.03 bits per heavy atom. The maximum absolute atomic E-state index is 13.4. The number of nitrogens with one attached hydrogen (secondary N) is 1. The largest absolute Gasteiger partial charge is 0.352 e. The van der Waals surface area contributed by atoms with Gasteiger partial charge < -0.3 is 9.88 Å². The van der Waals surface area contributed by atoms with Gasteiger partial charge in [0.05, 0.1) is 4.90 Å². The number of hydrogen-bond donors (Lipinski definition) is 2. The first-order valence-corrected chi connectivity index (χ1v) is 12.1. The lowest BCUT2D eigenvalue weighted by Crippen LogP contribution is -2.47. The van der Waals surface area contributed by atoms with Gasteiger partial charge in [-0.1, -0.05) is 12.1 Å². The Hall–Kier alpha value is -3.15. The number of fused-ring (bicyclic) bond motifs is 3. The van der Waals surface area contributed by atoms with Crippen molar-refractivity contribution < 1.29 is 17.2 Å². The zero-order chi connectivity index (χ0) is 23.2. The quantitative estimate of drug-likeness (QED) is 0.462. The van der Waals surface area contributed by atoms with Gasteiger partial charge in [-0.2, -0.15) is 0 Å². The van der Waals surface area contributed by atoms with Crippen molar-refractivity contribution in [2.45, 2.75) is 11.3 Å². The Labute approximate surface area is 189 Å². The molecule has 0 amide bonds. The molecule has 172 valence electrons. The molecule has 0 atom stereocenters. The summed E-state index contributed by atoms with van der Waals surface area (Å²) in [6, 6.07) is 8.90. The summed E-state index contributed by atoms with van der Waals surface area (Å²) in [6.07, 6.45) is 2.06. The van der Waals surface area contributed by atoms with Gasteiger partial charge in [0.25, 0.3) is 0 Å². The van der Waals surface area contributed by atoms with E-state index >= 15 is 0 Å². The number of nitrogens with two attached hydrogens (primary N) is 1. The summed E-state index contributed by atoms with van der Waals surface area (Å²) in [7, 11) is -3.92. The number of benzene rings is 2. The molecule has 11 heteroatoms. The molecule has 0 radical (unpaired) electrons. The first kappa shape index (κ1) is 21.7. The monoisotopic (exact) mass is 472 g/mol. The summed E-state index contributed by atoms with van der Waals surface area (Å²) < 4.78 is 50.7. The fraction of sp³-hybridized carbons (Fsp3) is 0.273. The van der Waals surface area contributed by atoms with Crippen LogP contribution in [0.1, 0.15) is 5.56 Å². The van der Waals surface area contributed by atoms with Gasteiger partial charge in [0.2, 0.25) is 10.0 Å². The molecule has 0 unspecified atom stereocenters. The third-order valence-electron chi connectivity index (χ3n) is 6.03. The van der Waals surface area contributed by atoms with E-state index in [2.05, 4.69) is 24.8 Å². The number of sulfonamides is 1. The van der Waals surface area contributed by atoms with Crippen LogP contribution in [0.15, 0.2) is 47.6 Å². The Morgan fingerprint density at radius 2 is 1.82 bits per heavy atom. The Kier molecular flexibility index (Phi) is 5.47. The summed E-state index contributed by atoms with van der Waals surface area (Å²) in [6.45, 7) is 3.71. The number of rotatable bonds is 5. The Morgan fingerprint density at radius 3 is 2.55 bits per heavy atom. The highest BCUT2D eigenvalue weighted by Gasteiger charge is 2.23. The topological polar surface area (TPSA) is 108 Å². The maximum atomic E-state index is 13.4. The van der Waals surface area contributed by atoms with Crippen LogP contribution in [0.2, 0.25) is 0 Å². The average Bonchev–Trinajstić information content (AvgIpc) is 3.18. The lowest BCUT2D eigenvalue weighted by molar-refractivity contribution is 0.260. The van der Waals surface area contributed by atoms with E-state index in [-0.39, 0.29) is 4.90 Å². The smallest absolute Gasteiger partial charge is 0.238 e. The lowest BCUT2D eigenvalue weighted by Gasteiger charge is -2.35. The van der Waals surface area contributed by atoms with Gasteiger partial charge in [0.1, 0.15) is 17.4 Å². The van der Waals surface area contributed by atoms with Crippen LogP contribution in [0.3, 0.4) is 0 Å². The molecule has 4 aromatic rings. The molecule has 3 heterocycles. The van der Waals surface area contributed by atoms with Crippen LogP contribution in [0, 0.1) is 11.6 Å². The van der Waals surface area contributed by atoms with Crippen molar-refractivity contribution in [3.8, 4) is 0 Å². The van der Waals surface area contributed by atoms with E-state index < -0.39 is 21.7 Å². The maximum Gasteiger partial charge on any atom is 0.238 e. The lowest BCUT2D eigenvalue weighted by atomic mass is 10.1. The second-order valence-electron chi connectivity index (χ2n) is 8.10. The second-order valence-corrected chi connectivity index (χ2v) is 9.63. The number of H-pyrrole nitrogens is 1. The van der Waals surface area contributed by atoms with E-state index in [4.69, 9.17) is 5.14 Å². The molecule has 1 aliphatic heterocycles. The van der Waals surface area contributed by atoms with Crippen LogP contribution in [0.4, 0.5) is 14.6 Å². The van der Waals surface area contributed by atoms with Crippen molar-refractivity contribution in [1.29, 1.82) is 0 Å². The minimum absolute atomic E-state index is 0.0259. The molecule has 1 fully saturated rings. The van der Waals surface area contributed by atoms with E-state index in [9.17, 15) is 17.2 Å². The molecular formula is C22H22F2N6O2S. The van der Waals surface area contributed by atoms with Crippen molar-refractivity contribution in [1.82, 2.24) is 19.9 Å². The molecule has 2 aromatic heterocycles. The Bertz CT molecular complexity index is 1450. The van der Waals surface area contributed by atoms with Crippen molar-refractivity contribution in [3.63, 3.8) is 0 Å². The zero-order valence-electron chi connectivity index (χ0n) is 17.6. The first-order chi connectivity index (χ1) is 15.8. The predicted molar refractivity (Wildman–Crippen MR) is 121 cm³/mol. The minimum Gasteiger partial charge on any atom is -0.352 e. The Balaban J connectivity index is 1.35. The molecule has 33 heavy (non-hydrogen) atoms. The van der Waals surface area contributed by atoms with Crippen LogP contribution in [0.25, 0.3) is 21.9 Å². The predicted octanol–water partition coefficient (Wildman–Crippen LogP) is 2.40. The van der Waals surface area contributed by atoms with Gasteiger partial charge in [0, 0.05) is 43.6 Å². The number of piperazine rings is 1. The standard InChI is InChI=1S/C22H22F2N6O2S/c23-15-5-4-14(12-16(15)24)6-7-29-8-10-30(11-9-29)22-21-20(26-13-27-22)19-17(28-21)2-1-3-18(19)33(25,31)32/h1-5,12-13,28H,6-11H2,(H2,25,31,32). The summed E-state index contributed by atoms with van der Waals surface area (Å²) in [4.78, 5) is 16.5. The third kappa shape index (κ3) is 4.14. The normalized spacial score (nSPS) is 15.5. The highest BCUT2D eigenvalue weighted by molar-refractivity contribution is 7.89. The van der Waals surface area contributed by atoms with Crippen LogP contribution in [-0.4, -0.2) is 61.0 Å². The van der Waals surface area contributed by atoms with E-state index in [1.54, 1.807) is 18.2 Å². The highest BCUT2D eigenvalue weighted by Crippen LogP contribution is 2.33. The summed E-state index contributed by atoms with van der Waals surface area (Å²) in [5, 5.41) is 5.88. The number of hydrogen-bond acceptors (Lipinski definition) is 6. The summed E-state index contributed by atoms with van der Waals surface area (Å²) in [5.41, 5.74) is 2.57. The van der Waals surface area contributed by atoms with Crippen molar-refractivity contribution >= 4 is 37.8 Å². The van der Waals surface area contributed by atoms with Crippen LogP contribution in [-0.2, 0) is 16.4 Å². The number of nitrogens with zero attached hydrogens (tertiary/aromatic N) is 4. The van der Waals surface area contributed by atoms with Crippen molar-refractivity contribution in [3.05, 3.63) is 59.9 Å². The molecule has 2 aromatic carbocycles. The number of halogens is 2. The van der Waals surface area contributed by atoms with Crippen molar-refractivity contribution in [2.24, 2.45) is 5.14 Å². The molecule has 1 aliphatic rings. The molecular weight excluding hydrogens is 450 g/mol. The van der Waals surface area contributed by atoms with E-state index in [0.29, 0.717) is 47.3 Å². The summed E-state index contributed by atoms with van der Waals surface area (Å²) in [5.74, 6) is -0.956. The van der Waals surface area contributed by atoms with E-state index in [0.717, 1.165) is 31.3 Å². The SMILES string of the molecule is NS(=O)(=O)c1cccc2[nH]c3c(N4CCN(CCc5ccc(F)c(F)c5)CC4)ncnc3c12. The van der Waals surface area contributed by atoms with Crippen LogP contribution >= 0.6 is 0 Å². The van der Waals surface area contributed by atoms with E-state index in [1.165, 1.54) is 18.5 Å². The van der Waals surface area contributed by atoms with Crippen LogP contribution < -0.4 is 10.0 Å². The third-order valence-corrected chi connectivity index (χ3v) is 6.98. The van der Waals surface area contributed by atoms with Crippen LogP contribution in [0.5, 0.6) is 0 Å². The second kappa shape index (κ2) is 8.32. The molecule has 1 saturated heterocycles. The van der Waals surface area contributed by atoms with Gasteiger partial charge in [-0.3, -0.25) is 4.90 Å². The van der Waals surface area contributed by atoms with Gasteiger partial charge in [-0.05, 0) is 36.2 Å². The minimum atomic E-state index is -3.92. The van der Waals surface area contributed by atoms with E-state index in [1.807, 2.05) is 0 Å². The van der Waals surface area contributed by atoms with Gasteiger partial charge in [-0.15, -0.1) is 0 Å². The summed E-state index contributed by atoms with van der Waals surface area (Å²) >= 11 is 0. The number of anilines is 1. The fourth-order valence-electron chi connectivity index (χ4n) is 4.34. The molecule has 0 saturated carbocycles. The number of aromatic nitrogens is 3. The number of primary sulfonamides is 1. The average molecular weight is 473 g/mol. The zero-order valence-corrected chi connectivity index (χ0v) is 18.4. The van der Waals surface area contributed by atoms with Gasteiger partial charge >= 0.3 is 0 Å². The fourth-order valence-corrected chi connectivity index (χ4v) is 5.10. The first-order valence-electron chi connectivity index (χ1n) is 10.5. The molecule has 0 spiro atoms.